The molecule has 1 heterocycles. The molecule has 22 heavy (non-hydrogen) atoms. The van der Waals surface area contributed by atoms with Gasteiger partial charge >= 0.3 is 0 Å². The highest BCUT2D eigenvalue weighted by Gasteiger charge is 2.16. The quantitative estimate of drug-likeness (QED) is 0.780. The minimum atomic E-state index is -0.333. The van der Waals surface area contributed by atoms with Gasteiger partial charge in [0.15, 0.2) is 0 Å². The van der Waals surface area contributed by atoms with Gasteiger partial charge in [-0.2, -0.15) is 0 Å². The standard InChI is InChI=1S/C18H27NO2S/c1-15-8-10-17(11-9-15)22-14-16(20)6-5-7-18(21)19-12-3-2-4-13-19/h8-11,16,20H,2-7,12-14H2,1H3. The third kappa shape index (κ3) is 6.01. The molecule has 1 unspecified atom stereocenters. The Balaban J connectivity index is 1.59. The van der Waals surface area contributed by atoms with E-state index in [1.165, 1.54) is 16.9 Å². The molecule has 1 N–H and O–H groups in total. The van der Waals surface area contributed by atoms with Crippen LogP contribution in [0.1, 0.15) is 44.1 Å². The Hall–Kier alpha value is -1.00. The van der Waals surface area contributed by atoms with Crippen LogP contribution in [0.2, 0.25) is 0 Å². The summed E-state index contributed by atoms with van der Waals surface area (Å²) in [4.78, 5) is 15.2. The number of carbonyl (C=O) groups excluding carboxylic acids is 1. The van der Waals surface area contributed by atoms with Crippen LogP contribution >= 0.6 is 11.8 Å². The average molecular weight is 321 g/mol. The number of aliphatic hydroxyl groups is 1. The highest BCUT2D eigenvalue weighted by molar-refractivity contribution is 7.99. The normalized spacial score (nSPS) is 16.5. The molecule has 1 atom stereocenters. The van der Waals surface area contributed by atoms with Crippen LogP contribution < -0.4 is 0 Å². The molecule has 0 aliphatic carbocycles. The molecule has 0 aromatic heterocycles. The Labute approximate surface area is 138 Å². The molecule has 0 radical (unpaired) electrons. The fourth-order valence-corrected chi connectivity index (χ4v) is 3.58. The van der Waals surface area contributed by atoms with Crippen LogP contribution in [0.5, 0.6) is 0 Å². The lowest BCUT2D eigenvalue weighted by atomic mass is 10.1. The van der Waals surface area contributed by atoms with E-state index in [1.54, 1.807) is 11.8 Å². The summed E-state index contributed by atoms with van der Waals surface area (Å²) in [5.74, 6) is 0.958. The largest absolute Gasteiger partial charge is 0.392 e. The Bertz CT molecular complexity index is 455. The first kappa shape index (κ1) is 17.4. The highest BCUT2D eigenvalue weighted by Crippen LogP contribution is 2.20. The number of amides is 1. The number of thioether (sulfide) groups is 1. The summed E-state index contributed by atoms with van der Waals surface area (Å²) in [5, 5.41) is 10.0. The van der Waals surface area contributed by atoms with Gasteiger partial charge in [0.25, 0.3) is 0 Å². The van der Waals surface area contributed by atoms with Gasteiger partial charge < -0.3 is 10.0 Å². The molecule has 122 valence electrons. The second-order valence-corrected chi connectivity index (χ2v) is 7.20. The van der Waals surface area contributed by atoms with E-state index in [4.69, 9.17) is 0 Å². The van der Waals surface area contributed by atoms with Crippen LogP contribution in [0.4, 0.5) is 0 Å². The number of carbonyl (C=O) groups is 1. The van der Waals surface area contributed by atoms with Gasteiger partial charge in [-0.25, -0.2) is 0 Å². The summed E-state index contributed by atoms with van der Waals surface area (Å²) >= 11 is 1.68. The van der Waals surface area contributed by atoms with Crippen LogP contribution in [0.3, 0.4) is 0 Å². The van der Waals surface area contributed by atoms with Crippen molar-refractivity contribution >= 4 is 17.7 Å². The average Bonchev–Trinajstić information content (AvgIpc) is 2.55. The molecule has 3 nitrogen and oxygen atoms in total. The zero-order valence-electron chi connectivity index (χ0n) is 13.5. The summed E-state index contributed by atoms with van der Waals surface area (Å²) < 4.78 is 0. The first-order chi connectivity index (χ1) is 10.6. The molecular formula is C18H27NO2S. The number of rotatable bonds is 7. The third-order valence-electron chi connectivity index (χ3n) is 4.10. The van der Waals surface area contributed by atoms with Gasteiger partial charge in [0, 0.05) is 30.2 Å². The predicted molar refractivity (Wildman–Crippen MR) is 92.2 cm³/mol. The molecule has 1 aromatic carbocycles. The number of hydrogen-bond acceptors (Lipinski definition) is 3. The summed E-state index contributed by atoms with van der Waals surface area (Å²) in [5.41, 5.74) is 1.25. The van der Waals surface area contributed by atoms with E-state index < -0.39 is 0 Å². The molecule has 2 rings (SSSR count). The monoisotopic (exact) mass is 321 g/mol. The maximum absolute atomic E-state index is 12.0. The maximum Gasteiger partial charge on any atom is 0.222 e. The second-order valence-electron chi connectivity index (χ2n) is 6.11. The predicted octanol–water partition coefficient (Wildman–Crippen LogP) is 3.63. The van der Waals surface area contributed by atoms with E-state index in [1.807, 2.05) is 4.90 Å². The van der Waals surface area contributed by atoms with E-state index in [0.29, 0.717) is 18.6 Å². The van der Waals surface area contributed by atoms with Crippen molar-refractivity contribution in [1.29, 1.82) is 0 Å². The van der Waals surface area contributed by atoms with E-state index in [0.717, 1.165) is 32.4 Å². The molecule has 1 saturated heterocycles. The molecule has 1 amide bonds. The molecule has 0 bridgehead atoms. The van der Waals surface area contributed by atoms with Gasteiger partial charge in [0.05, 0.1) is 6.10 Å². The molecular weight excluding hydrogens is 294 g/mol. The lowest BCUT2D eigenvalue weighted by molar-refractivity contribution is -0.132. The molecule has 0 spiro atoms. The zero-order chi connectivity index (χ0) is 15.8. The molecule has 1 aliphatic rings. The van der Waals surface area contributed by atoms with Crippen molar-refractivity contribution in [3.8, 4) is 0 Å². The van der Waals surface area contributed by atoms with Gasteiger partial charge in [-0.3, -0.25) is 4.79 Å². The van der Waals surface area contributed by atoms with E-state index in [9.17, 15) is 9.90 Å². The van der Waals surface area contributed by atoms with Gasteiger partial charge in [-0.1, -0.05) is 17.7 Å². The summed E-state index contributed by atoms with van der Waals surface area (Å²) in [6, 6.07) is 8.36. The van der Waals surface area contributed by atoms with Crippen LogP contribution in [-0.2, 0) is 4.79 Å². The van der Waals surface area contributed by atoms with E-state index >= 15 is 0 Å². The Morgan fingerprint density at radius 2 is 1.91 bits per heavy atom. The lowest BCUT2D eigenvalue weighted by Crippen LogP contribution is -2.35. The number of likely N-dealkylation sites (tertiary alicyclic amines) is 1. The van der Waals surface area contributed by atoms with E-state index in [2.05, 4.69) is 31.2 Å². The topological polar surface area (TPSA) is 40.5 Å². The summed E-state index contributed by atoms with van der Waals surface area (Å²) in [7, 11) is 0. The maximum atomic E-state index is 12.0. The minimum absolute atomic E-state index is 0.262. The van der Waals surface area contributed by atoms with Crippen LogP contribution in [0, 0.1) is 6.92 Å². The Kier molecular flexibility index (Phi) is 7.26. The van der Waals surface area contributed by atoms with Gasteiger partial charge in [-0.15, -0.1) is 11.8 Å². The van der Waals surface area contributed by atoms with E-state index in [-0.39, 0.29) is 12.0 Å². The van der Waals surface area contributed by atoms with Crippen LogP contribution in [0.15, 0.2) is 29.2 Å². The zero-order valence-corrected chi connectivity index (χ0v) is 14.3. The van der Waals surface area contributed by atoms with Crippen molar-refractivity contribution in [3.63, 3.8) is 0 Å². The number of piperidine rings is 1. The lowest BCUT2D eigenvalue weighted by Gasteiger charge is -2.26. The van der Waals surface area contributed by atoms with Gasteiger partial charge in [0.2, 0.25) is 5.91 Å². The van der Waals surface area contributed by atoms with Gasteiger partial charge in [-0.05, 0) is 51.2 Å². The number of aryl methyl sites for hydroxylation is 1. The number of hydrogen-bond donors (Lipinski definition) is 1. The first-order valence-electron chi connectivity index (χ1n) is 8.30. The molecule has 1 aromatic rings. The van der Waals surface area contributed by atoms with Crippen LogP contribution in [0.25, 0.3) is 0 Å². The summed E-state index contributed by atoms with van der Waals surface area (Å²) in [6.45, 7) is 3.91. The third-order valence-corrected chi connectivity index (χ3v) is 5.26. The molecule has 1 aliphatic heterocycles. The second kappa shape index (κ2) is 9.21. The van der Waals surface area contributed by atoms with Crippen molar-refractivity contribution in [2.24, 2.45) is 0 Å². The smallest absolute Gasteiger partial charge is 0.222 e. The first-order valence-corrected chi connectivity index (χ1v) is 9.29. The molecule has 0 saturated carbocycles. The number of benzene rings is 1. The Morgan fingerprint density at radius 3 is 2.59 bits per heavy atom. The number of aliphatic hydroxyl groups excluding tert-OH is 1. The van der Waals surface area contributed by atoms with Crippen molar-refractivity contribution < 1.29 is 9.90 Å². The Morgan fingerprint density at radius 1 is 1.23 bits per heavy atom. The highest BCUT2D eigenvalue weighted by atomic mass is 32.2. The van der Waals surface area contributed by atoms with Crippen molar-refractivity contribution in [1.82, 2.24) is 4.90 Å². The number of nitrogens with zero attached hydrogens (tertiary/aromatic N) is 1. The van der Waals surface area contributed by atoms with Crippen LogP contribution in [-0.4, -0.2) is 40.9 Å². The van der Waals surface area contributed by atoms with Gasteiger partial charge in [0.1, 0.15) is 0 Å². The fraction of sp³-hybridized carbons (Fsp3) is 0.611. The van der Waals surface area contributed by atoms with Crippen molar-refractivity contribution in [2.75, 3.05) is 18.8 Å². The molecule has 4 heteroatoms. The SMILES string of the molecule is Cc1ccc(SCC(O)CCCC(=O)N2CCCCC2)cc1. The minimum Gasteiger partial charge on any atom is -0.392 e. The molecule has 1 fully saturated rings. The summed E-state index contributed by atoms with van der Waals surface area (Å²) in [6.07, 6.45) is 5.26. The van der Waals surface area contributed by atoms with Crippen molar-refractivity contribution in [2.45, 2.75) is 56.4 Å². The van der Waals surface area contributed by atoms with Crippen molar-refractivity contribution in [3.05, 3.63) is 29.8 Å². The fourth-order valence-electron chi connectivity index (χ4n) is 2.70.